The predicted molar refractivity (Wildman–Crippen MR) is 69.9 cm³/mol. The SMILES string of the molecule is CC(C)CC(O)CNC(=O)Cc1cc(=O)[nH]c(=O)[nH]1. The summed E-state index contributed by atoms with van der Waals surface area (Å²) in [5.74, 6) is -0.0139. The average molecular weight is 269 g/mol. The van der Waals surface area contributed by atoms with Gasteiger partial charge in [-0.05, 0) is 12.3 Å². The molecule has 1 amide bonds. The molecule has 106 valence electrons. The van der Waals surface area contributed by atoms with Crippen LogP contribution in [0, 0.1) is 5.92 Å². The lowest BCUT2D eigenvalue weighted by Crippen LogP contribution is -2.34. The fourth-order valence-electron chi connectivity index (χ4n) is 1.71. The van der Waals surface area contributed by atoms with E-state index in [1.165, 1.54) is 0 Å². The highest BCUT2D eigenvalue weighted by molar-refractivity contribution is 5.78. The zero-order valence-electron chi connectivity index (χ0n) is 11.0. The molecular weight excluding hydrogens is 250 g/mol. The van der Waals surface area contributed by atoms with E-state index in [9.17, 15) is 19.5 Å². The molecule has 0 aromatic carbocycles. The van der Waals surface area contributed by atoms with E-state index in [1.54, 1.807) is 0 Å². The molecule has 0 bridgehead atoms. The number of amides is 1. The van der Waals surface area contributed by atoms with Crippen LogP contribution in [0.3, 0.4) is 0 Å². The summed E-state index contributed by atoms with van der Waals surface area (Å²) in [6.45, 7) is 4.11. The second-order valence-corrected chi connectivity index (χ2v) is 4.88. The van der Waals surface area contributed by atoms with Crippen molar-refractivity contribution in [2.45, 2.75) is 32.8 Å². The first-order valence-electron chi connectivity index (χ1n) is 6.14. The summed E-state index contributed by atoms with van der Waals surface area (Å²) in [6, 6.07) is 1.16. The van der Waals surface area contributed by atoms with Crippen LogP contribution >= 0.6 is 0 Å². The Labute approximate surface area is 110 Å². The number of aliphatic hydroxyl groups excluding tert-OH is 1. The van der Waals surface area contributed by atoms with Crippen molar-refractivity contribution in [1.82, 2.24) is 15.3 Å². The molecule has 0 radical (unpaired) electrons. The molecule has 1 unspecified atom stereocenters. The third-order valence-corrected chi connectivity index (χ3v) is 2.45. The number of H-pyrrole nitrogens is 2. The van der Waals surface area contributed by atoms with Crippen LogP contribution in [0.15, 0.2) is 15.7 Å². The number of carbonyl (C=O) groups excluding carboxylic acids is 1. The van der Waals surface area contributed by atoms with Gasteiger partial charge in [-0.3, -0.25) is 14.6 Å². The predicted octanol–water partition coefficient (Wildman–Crippen LogP) is -0.871. The molecule has 1 atom stereocenters. The standard InChI is InChI=1S/C12H19N3O4/c1-7(2)3-9(16)6-13-10(17)4-8-5-11(18)15-12(19)14-8/h5,7,9,16H,3-4,6H2,1-2H3,(H,13,17)(H2,14,15,18,19). The zero-order chi connectivity index (χ0) is 14.4. The molecule has 0 fully saturated rings. The van der Waals surface area contributed by atoms with Gasteiger partial charge in [-0.2, -0.15) is 0 Å². The molecule has 1 rings (SSSR count). The Morgan fingerprint density at radius 1 is 1.37 bits per heavy atom. The topological polar surface area (TPSA) is 115 Å². The zero-order valence-corrected chi connectivity index (χ0v) is 11.0. The number of hydrogen-bond donors (Lipinski definition) is 4. The van der Waals surface area contributed by atoms with Gasteiger partial charge >= 0.3 is 5.69 Å². The Morgan fingerprint density at radius 2 is 2.05 bits per heavy atom. The average Bonchev–Trinajstić information content (AvgIpc) is 2.23. The summed E-state index contributed by atoms with van der Waals surface area (Å²) in [7, 11) is 0. The molecule has 1 aromatic rings. The number of aromatic nitrogens is 2. The second-order valence-electron chi connectivity index (χ2n) is 4.88. The first kappa shape index (κ1) is 15.2. The van der Waals surface area contributed by atoms with Gasteiger partial charge in [0.2, 0.25) is 5.91 Å². The highest BCUT2D eigenvalue weighted by atomic mass is 16.3. The van der Waals surface area contributed by atoms with Crippen LogP contribution in [-0.2, 0) is 11.2 Å². The maximum absolute atomic E-state index is 11.6. The molecule has 19 heavy (non-hydrogen) atoms. The molecule has 1 heterocycles. The van der Waals surface area contributed by atoms with E-state index >= 15 is 0 Å². The molecule has 0 aliphatic carbocycles. The van der Waals surface area contributed by atoms with E-state index in [-0.39, 0.29) is 24.6 Å². The van der Waals surface area contributed by atoms with Crippen LogP contribution in [0.1, 0.15) is 26.0 Å². The minimum atomic E-state index is -0.643. The number of carbonyl (C=O) groups is 1. The summed E-state index contributed by atoms with van der Waals surface area (Å²) in [5.41, 5.74) is -0.953. The van der Waals surface area contributed by atoms with E-state index in [2.05, 4.69) is 10.3 Å². The van der Waals surface area contributed by atoms with Gasteiger partial charge in [0.1, 0.15) is 0 Å². The normalized spacial score (nSPS) is 12.4. The van der Waals surface area contributed by atoms with Crippen LogP contribution in [0.25, 0.3) is 0 Å². The molecule has 0 aliphatic heterocycles. The maximum atomic E-state index is 11.6. The van der Waals surface area contributed by atoms with Gasteiger partial charge in [-0.1, -0.05) is 13.8 Å². The fourth-order valence-corrected chi connectivity index (χ4v) is 1.71. The van der Waals surface area contributed by atoms with Crippen LogP contribution in [-0.4, -0.2) is 33.6 Å². The number of aromatic amines is 2. The lowest BCUT2D eigenvalue weighted by atomic mass is 10.1. The summed E-state index contributed by atoms with van der Waals surface area (Å²) in [6.07, 6.45) is -0.0995. The van der Waals surface area contributed by atoms with Crippen molar-refractivity contribution in [2.75, 3.05) is 6.54 Å². The highest BCUT2D eigenvalue weighted by Crippen LogP contribution is 2.03. The van der Waals surface area contributed by atoms with E-state index in [1.807, 2.05) is 18.8 Å². The Kier molecular flexibility index (Phi) is 5.50. The van der Waals surface area contributed by atoms with E-state index < -0.39 is 17.4 Å². The molecule has 1 aromatic heterocycles. The van der Waals surface area contributed by atoms with Gasteiger partial charge in [0.25, 0.3) is 5.56 Å². The monoisotopic (exact) mass is 269 g/mol. The molecule has 0 aliphatic rings. The van der Waals surface area contributed by atoms with Crippen LogP contribution in [0.5, 0.6) is 0 Å². The van der Waals surface area contributed by atoms with Gasteiger partial charge in [0.05, 0.1) is 12.5 Å². The maximum Gasteiger partial charge on any atom is 0.325 e. The molecule has 7 nitrogen and oxygen atoms in total. The van der Waals surface area contributed by atoms with Gasteiger partial charge in [-0.25, -0.2) is 4.79 Å². The summed E-state index contributed by atoms with van der Waals surface area (Å²) in [5, 5.41) is 12.1. The summed E-state index contributed by atoms with van der Waals surface area (Å²) < 4.78 is 0. The van der Waals surface area contributed by atoms with Crippen LogP contribution in [0.4, 0.5) is 0 Å². The Balaban J connectivity index is 2.47. The van der Waals surface area contributed by atoms with Crippen LogP contribution in [0.2, 0.25) is 0 Å². The minimum absolute atomic E-state index is 0.104. The number of rotatable bonds is 6. The van der Waals surface area contributed by atoms with E-state index in [4.69, 9.17) is 0 Å². The molecule has 0 spiro atoms. The third-order valence-electron chi connectivity index (χ3n) is 2.45. The largest absolute Gasteiger partial charge is 0.391 e. The lowest BCUT2D eigenvalue weighted by molar-refractivity contribution is -0.121. The third kappa shape index (κ3) is 6.01. The van der Waals surface area contributed by atoms with Crippen molar-refractivity contribution in [2.24, 2.45) is 5.92 Å². The summed E-state index contributed by atoms with van der Waals surface area (Å²) >= 11 is 0. The number of aliphatic hydroxyl groups is 1. The van der Waals surface area contributed by atoms with Gasteiger partial charge in [-0.15, -0.1) is 0 Å². The van der Waals surface area contributed by atoms with Crippen molar-refractivity contribution in [3.05, 3.63) is 32.6 Å². The van der Waals surface area contributed by atoms with Crippen molar-refractivity contribution in [3.63, 3.8) is 0 Å². The van der Waals surface area contributed by atoms with Crippen molar-refractivity contribution >= 4 is 5.91 Å². The van der Waals surface area contributed by atoms with Gasteiger partial charge < -0.3 is 15.4 Å². The Hall–Kier alpha value is -1.89. The van der Waals surface area contributed by atoms with Gasteiger partial charge in [0, 0.05) is 18.3 Å². The number of nitrogens with one attached hydrogen (secondary N) is 3. The van der Waals surface area contributed by atoms with E-state index in [0.717, 1.165) is 6.07 Å². The first-order chi connectivity index (χ1) is 8.86. The highest BCUT2D eigenvalue weighted by Gasteiger charge is 2.10. The molecular formula is C12H19N3O4. The Morgan fingerprint density at radius 3 is 2.63 bits per heavy atom. The minimum Gasteiger partial charge on any atom is -0.391 e. The summed E-state index contributed by atoms with van der Waals surface area (Å²) in [4.78, 5) is 38.0. The first-order valence-corrected chi connectivity index (χ1v) is 6.14. The quantitative estimate of drug-likeness (QED) is 0.537. The second kappa shape index (κ2) is 6.89. The lowest BCUT2D eigenvalue weighted by Gasteiger charge is -2.13. The van der Waals surface area contributed by atoms with Crippen molar-refractivity contribution in [3.8, 4) is 0 Å². The molecule has 0 saturated heterocycles. The Bertz CT molecular complexity index is 504. The fraction of sp³-hybridized carbons (Fsp3) is 0.583. The van der Waals surface area contributed by atoms with Crippen molar-refractivity contribution < 1.29 is 9.90 Å². The number of hydrogen-bond acceptors (Lipinski definition) is 4. The van der Waals surface area contributed by atoms with E-state index in [0.29, 0.717) is 12.3 Å². The molecule has 0 saturated carbocycles. The van der Waals surface area contributed by atoms with Crippen molar-refractivity contribution in [1.29, 1.82) is 0 Å². The smallest absolute Gasteiger partial charge is 0.325 e. The molecule has 7 heteroatoms. The molecule has 4 N–H and O–H groups in total. The van der Waals surface area contributed by atoms with Crippen LogP contribution < -0.4 is 16.6 Å². The van der Waals surface area contributed by atoms with Gasteiger partial charge in [0.15, 0.2) is 0 Å².